The molecule has 4 nitrogen and oxygen atoms in total. The number of rotatable bonds is 5. The molecule has 0 saturated heterocycles. The van der Waals surface area contributed by atoms with E-state index in [-0.39, 0.29) is 0 Å². The molecular weight excluding hydrogens is 202 g/mol. The Kier molecular flexibility index (Phi) is 15.4. The molecular formula is C12H27N3O. The number of aromatic nitrogens is 3. The molecule has 0 aliphatic heterocycles. The molecule has 0 radical (unpaired) electrons. The second kappa shape index (κ2) is 14.1. The van der Waals surface area contributed by atoms with Gasteiger partial charge >= 0.3 is 0 Å². The van der Waals surface area contributed by atoms with Crippen LogP contribution in [0.4, 0.5) is 0 Å². The summed E-state index contributed by atoms with van der Waals surface area (Å²) < 4.78 is 6.74. The van der Waals surface area contributed by atoms with Crippen LogP contribution in [0, 0.1) is 0 Å². The summed E-state index contributed by atoms with van der Waals surface area (Å²) in [6.45, 7) is 11.6. The van der Waals surface area contributed by atoms with Gasteiger partial charge in [0.1, 0.15) is 0 Å². The maximum absolute atomic E-state index is 4.93. The average molecular weight is 229 g/mol. The van der Waals surface area contributed by atoms with Crippen LogP contribution in [-0.4, -0.2) is 28.7 Å². The number of methoxy groups -OCH3 is 1. The summed E-state index contributed by atoms with van der Waals surface area (Å²) in [6.07, 6.45) is 4.10. The van der Waals surface area contributed by atoms with Gasteiger partial charge < -0.3 is 4.74 Å². The maximum atomic E-state index is 4.93. The Balaban J connectivity index is 0. The molecule has 4 heteroatoms. The van der Waals surface area contributed by atoms with Gasteiger partial charge in [-0.2, -0.15) is 0 Å². The highest BCUT2D eigenvalue weighted by Crippen LogP contribution is 1.96. The Bertz CT molecular complexity index is 224. The van der Waals surface area contributed by atoms with Gasteiger partial charge in [0.2, 0.25) is 0 Å². The molecule has 0 N–H and O–H groups in total. The van der Waals surface area contributed by atoms with Crippen molar-refractivity contribution in [1.29, 1.82) is 0 Å². The Morgan fingerprint density at radius 2 is 1.88 bits per heavy atom. The van der Waals surface area contributed by atoms with Crippen LogP contribution in [-0.2, 0) is 17.7 Å². The lowest BCUT2D eigenvalue weighted by atomic mass is 10.3. The molecule has 0 spiro atoms. The SMILES string of the molecule is CC.CC.CCCc1cn(CCOC)nn1. The number of hydrogen-bond donors (Lipinski definition) is 0. The van der Waals surface area contributed by atoms with Crippen molar-refractivity contribution < 1.29 is 4.74 Å². The quantitative estimate of drug-likeness (QED) is 0.779. The van der Waals surface area contributed by atoms with Crippen LogP contribution in [0.5, 0.6) is 0 Å². The lowest BCUT2D eigenvalue weighted by molar-refractivity contribution is 0.183. The minimum atomic E-state index is 0.689. The Labute approximate surface area is 100 Å². The van der Waals surface area contributed by atoms with Gasteiger partial charge in [0.25, 0.3) is 0 Å². The molecule has 1 rings (SSSR count). The normalized spacial score (nSPS) is 8.62. The Morgan fingerprint density at radius 1 is 1.25 bits per heavy atom. The monoisotopic (exact) mass is 229 g/mol. The molecule has 16 heavy (non-hydrogen) atoms. The van der Waals surface area contributed by atoms with Crippen molar-refractivity contribution in [1.82, 2.24) is 15.0 Å². The molecule has 1 heterocycles. The van der Waals surface area contributed by atoms with Crippen LogP contribution in [0.15, 0.2) is 6.20 Å². The average Bonchev–Trinajstić information content (AvgIpc) is 2.80. The lowest BCUT2D eigenvalue weighted by Gasteiger charge is -1.96. The van der Waals surface area contributed by atoms with E-state index in [0.29, 0.717) is 6.61 Å². The summed E-state index contributed by atoms with van der Waals surface area (Å²) in [5, 5.41) is 7.98. The molecule has 1 aromatic rings. The third-order valence-corrected chi connectivity index (χ3v) is 1.62. The number of aryl methyl sites for hydroxylation is 1. The van der Waals surface area contributed by atoms with E-state index in [9.17, 15) is 0 Å². The lowest BCUT2D eigenvalue weighted by Crippen LogP contribution is -2.04. The first kappa shape index (κ1) is 17.5. The predicted molar refractivity (Wildman–Crippen MR) is 68.6 cm³/mol. The third-order valence-electron chi connectivity index (χ3n) is 1.62. The van der Waals surface area contributed by atoms with Crippen LogP contribution >= 0.6 is 0 Å². The maximum Gasteiger partial charge on any atom is 0.0827 e. The summed E-state index contributed by atoms with van der Waals surface area (Å²) in [7, 11) is 1.68. The summed E-state index contributed by atoms with van der Waals surface area (Å²) in [4.78, 5) is 0. The van der Waals surface area contributed by atoms with E-state index in [1.807, 2.05) is 38.6 Å². The number of nitrogens with zero attached hydrogens (tertiary/aromatic N) is 3. The van der Waals surface area contributed by atoms with Gasteiger partial charge in [-0.3, -0.25) is 0 Å². The van der Waals surface area contributed by atoms with E-state index < -0.39 is 0 Å². The highest BCUT2D eigenvalue weighted by Gasteiger charge is 1.97. The minimum absolute atomic E-state index is 0.689. The molecule has 0 saturated carbocycles. The van der Waals surface area contributed by atoms with E-state index >= 15 is 0 Å². The van der Waals surface area contributed by atoms with Crippen LogP contribution in [0.3, 0.4) is 0 Å². The molecule has 0 atom stereocenters. The smallest absolute Gasteiger partial charge is 0.0827 e. The number of hydrogen-bond acceptors (Lipinski definition) is 3. The summed E-state index contributed by atoms with van der Waals surface area (Å²) in [5.41, 5.74) is 1.06. The van der Waals surface area contributed by atoms with Crippen molar-refractivity contribution in [2.75, 3.05) is 13.7 Å². The van der Waals surface area contributed by atoms with E-state index in [2.05, 4.69) is 17.2 Å². The second-order valence-electron chi connectivity index (χ2n) is 2.72. The molecule has 96 valence electrons. The minimum Gasteiger partial charge on any atom is -0.383 e. The summed E-state index contributed by atoms with van der Waals surface area (Å²) >= 11 is 0. The van der Waals surface area contributed by atoms with Crippen LogP contribution in [0.25, 0.3) is 0 Å². The molecule has 0 aliphatic rings. The first-order chi connectivity index (χ1) is 7.86. The van der Waals surface area contributed by atoms with Crippen LogP contribution < -0.4 is 0 Å². The van der Waals surface area contributed by atoms with Gasteiger partial charge in [-0.15, -0.1) is 5.10 Å². The highest BCUT2D eigenvalue weighted by molar-refractivity contribution is 4.91. The highest BCUT2D eigenvalue weighted by atomic mass is 16.5. The first-order valence-electron chi connectivity index (χ1n) is 6.24. The zero-order valence-corrected chi connectivity index (χ0v) is 11.7. The van der Waals surface area contributed by atoms with Gasteiger partial charge in [0.15, 0.2) is 0 Å². The topological polar surface area (TPSA) is 39.9 Å². The third kappa shape index (κ3) is 8.41. The van der Waals surface area contributed by atoms with Crippen LogP contribution in [0.2, 0.25) is 0 Å². The van der Waals surface area contributed by atoms with Gasteiger partial charge in [0, 0.05) is 13.3 Å². The van der Waals surface area contributed by atoms with Crippen LogP contribution in [0.1, 0.15) is 46.7 Å². The molecule has 0 aliphatic carbocycles. The fourth-order valence-electron chi connectivity index (χ4n) is 1.00. The van der Waals surface area contributed by atoms with Gasteiger partial charge in [-0.1, -0.05) is 46.3 Å². The molecule has 0 fully saturated rings. The van der Waals surface area contributed by atoms with Crippen molar-refractivity contribution in [2.24, 2.45) is 0 Å². The molecule has 0 aromatic carbocycles. The first-order valence-corrected chi connectivity index (χ1v) is 6.24. The van der Waals surface area contributed by atoms with Crippen molar-refractivity contribution in [3.05, 3.63) is 11.9 Å². The zero-order chi connectivity index (χ0) is 12.8. The Hall–Kier alpha value is -0.900. The summed E-state index contributed by atoms with van der Waals surface area (Å²) in [6, 6.07) is 0. The van der Waals surface area contributed by atoms with Crippen molar-refractivity contribution in [3.8, 4) is 0 Å². The molecule has 0 bridgehead atoms. The fourth-order valence-corrected chi connectivity index (χ4v) is 1.00. The zero-order valence-electron chi connectivity index (χ0n) is 11.7. The fraction of sp³-hybridized carbons (Fsp3) is 0.833. The predicted octanol–water partition coefficient (Wildman–Crippen LogP) is 2.93. The number of ether oxygens (including phenoxy) is 1. The van der Waals surface area contributed by atoms with E-state index in [4.69, 9.17) is 4.74 Å². The van der Waals surface area contributed by atoms with Crippen molar-refractivity contribution in [2.45, 2.75) is 54.0 Å². The summed E-state index contributed by atoms with van der Waals surface area (Å²) in [5.74, 6) is 0. The largest absolute Gasteiger partial charge is 0.383 e. The van der Waals surface area contributed by atoms with Gasteiger partial charge in [0.05, 0.1) is 18.8 Å². The van der Waals surface area contributed by atoms with Gasteiger partial charge in [-0.05, 0) is 6.42 Å². The van der Waals surface area contributed by atoms with E-state index in [1.165, 1.54) is 0 Å². The second-order valence-corrected chi connectivity index (χ2v) is 2.72. The van der Waals surface area contributed by atoms with E-state index in [1.54, 1.807) is 7.11 Å². The van der Waals surface area contributed by atoms with Gasteiger partial charge in [-0.25, -0.2) is 4.68 Å². The van der Waals surface area contributed by atoms with Crippen molar-refractivity contribution in [3.63, 3.8) is 0 Å². The Morgan fingerprint density at radius 3 is 2.38 bits per heavy atom. The van der Waals surface area contributed by atoms with E-state index in [0.717, 1.165) is 25.1 Å². The molecule has 0 unspecified atom stereocenters. The van der Waals surface area contributed by atoms with Crippen molar-refractivity contribution >= 4 is 0 Å². The molecule has 1 aromatic heterocycles. The molecule has 0 amide bonds. The standard InChI is InChI=1S/C8H15N3O.2C2H6/c1-3-4-8-7-11(10-9-8)5-6-12-2;2*1-2/h7H,3-6H2,1-2H3;2*1-2H3.